The second-order valence-electron chi connectivity index (χ2n) is 13.7. The molecule has 0 N–H and O–H groups in total. The first-order valence-electron chi connectivity index (χ1n) is 16.0. The number of aldehydes is 1. The molecule has 0 heterocycles. The van der Waals surface area contributed by atoms with Crippen molar-refractivity contribution in [1.82, 2.24) is 0 Å². The summed E-state index contributed by atoms with van der Waals surface area (Å²) < 4.78 is 7.82. The van der Waals surface area contributed by atoms with Crippen molar-refractivity contribution in [3.63, 3.8) is 0 Å². The maximum absolute atomic E-state index is 12.9. The van der Waals surface area contributed by atoms with Gasteiger partial charge in [0, 0.05) is 6.42 Å². The molecule has 0 bridgehead atoms. The molecule has 0 aliphatic heterocycles. The van der Waals surface area contributed by atoms with E-state index in [9.17, 15) is 9.59 Å². The molecule has 0 aromatic heterocycles. The summed E-state index contributed by atoms with van der Waals surface area (Å²) in [6, 6.07) is 32.8. The third-order valence-electron chi connectivity index (χ3n) is 11.9. The summed E-state index contributed by atoms with van der Waals surface area (Å²) in [6.45, 7) is 4.76. The highest BCUT2D eigenvalue weighted by Crippen LogP contribution is 2.66. The summed E-state index contributed by atoms with van der Waals surface area (Å²) >= 11 is 0. The molecule has 4 aliphatic rings. The van der Waals surface area contributed by atoms with Crippen LogP contribution in [0.2, 0.25) is 0 Å². The Morgan fingerprint density at radius 3 is 1.90 bits per heavy atom. The van der Waals surface area contributed by atoms with Gasteiger partial charge in [0.05, 0.1) is 11.5 Å². The summed E-state index contributed by atoms with van der Waals surface area (Å²) in [6.07, 6.45) is 9.82. The smallest absolute Gasteiger partial charge is 0.288 e. The number of carbonyl (C=O) groups excluding carboxylic acids is 2. The van der Waals surface area contributed by atoms with Gasteiger partial charge in [0.15, 0.2) is 5.78 Å². The van der Waals surface area contributed by atoms with E-state index in [1.165, 1.54) is 21.8 Å². The van der Waals surface area contributed by atoms with E-state index in [0.29, 0.717) is 30.6 Å². The molecule has 4 heteroatoms. The van der Waals surface area contributed by atoms with Crippen LogP contribution in [0.5, 0.6) is 0 Å². The number of allylic oxidation sites excluding steroid dienone is 1. The van der Waals surface area contributed by atoms with Gasteiger partial charge in [0.2, 0.25) is 0 Å². The number of ketones is 1. The second kappa shape index (κ2) is 10.6. The first-order valence-corrected chi connectivity index (χ1v) is 17.9. The molecule has 0 saturated heterocycles. The molecule has 216 valence electrons. The topological polar surface area (TPSA) is 43.4 Å². The zero-order chi connectivity index (χ0) is 29.0. The average molecular weight is 575 g/mol. The molecule has 3 aromatic carbocycles. The third kappa shape index (κ3) is 4.09. The molecule has 3 fully saturated rings. The Kier molecular flexibility index (Phi) is 6.98. The van der Waals surface area contributed by atoms with E-state index >= 15 is 0 Å². The highest BCUT2D eigenvalue weighted by molar-refractivity contribution is 7.07. The van der Waals surface area contributed by atoms with Crippen LogP contribution in [-0.2, 0) is 14.0 Å². The molecule has 3 nitrogen and oxygen atoms in total. The molecule has 0 spiro atoms. The predicted octanol–water partition coefficient (Wildman–Crippen LogP) is 6.00. The quantitative estimate of drug-likeness (QED) is 0.206. The van der Waals surface area contributed by atoms with Crippen LogP contribution < -0.4 is 15.6 Å². The molecule has 0 amide bonds. The van der Waals surface area contributed by atoms with Crippen molar-refractivity contribution >= 4 is 35.9 Å². The molecule has 0 radical (unpaired) electrons. The summed E-state index contributed by atoms with van der Waals surface area (Å²) in [5.41, 5.74) is 0.730. The van der Waals surface area contributed by atoms with E-state index in [2.05, 4.69) is 105 Å². The lowest BCUT2D eigenvalue weighted by atomic mass is 9.45. The number of benzene rings is 3. The van der Waals surface area contributed by atoms with Crippen LogP contribution in [0.1, 0.15) is 58.8 Å². The maximum Gasteiger partial charge on any atom is 0.288 e. The first kappa shape index (κ1) is 27.7. The molecular formula is C38H42O3Si. The number of rotatable bonds is 6. The maximum atomic E-state index is 12.9. The van der Waals surface area contributed by atoms with Crippen LogP contribution in [0.4, 0.5) is 0 Å². The Hall–Kier alpha value is -3.08. The SMILES string of the molecule is C[C@H]1C[C@H]2[C@@H]3CC[C@H](O[Si](c4ccccc4)(c4ccccc4)c4ccccc4)[C@@]3(C)CC[C@@H]2[C@@]2(C=O)CCC(=O)C=C12. The van der Waals surface area contributed by atoms with Crippen LogP contribution in [-0.4, -0.2) is 26.5 Å². The first-order chi connectivity index (χ1) is 20.4. The molecule has 3 aromatic rings. The van der Waals surface area contributed by atoms with Gasteiger partial charge in [-0.15, -0.1) is 0 Å². The normalized spacial score (nSPS) is 34.1. The van der Waals surface area contributed by atoms with Crippen molar-refractivity contribution in [1.29, 1.82) is 0 Å². The average Bonchev–Trinajstić information content (AvgIpc) is 3.37. The van der Waals surface area contributed by atoms with E-state index in [1.54, 1.807) is 0 Å². The monoisotopic (exact) mass is 574 g/mol. The Labute approximate surface area is 251 Å². The molecule has 7 rings (SSSR count). The number of hydrogen-bond acceptors (Lipinski definition) is 3. The zero-order valence-electron chi connectivity index (χ0n) is 24.9. The fourth-order valence-corrected chi connectivity index (χ4v) is 14.1. The Morgan fingerprint density at radius 1 is 0.786 bits per heavy atom. The fraction of sp³-hybridized carbons (Fsp3) is 0.421. The Balaban J connectivity index is 1.30. The molecule has 42 heavy (non-hydrogen) atoms. The summed E-state index contributed by atoms with van der Waals surface area (Å²) in [7, 11) is -2.83. The van der Waals surface area contributed by atoms with Gasteiger partial charge in [-0.25, -0.2) is 0 Å². The number of hydrogen-bond donors (Lipinski definition) is 0. The van der Waals surface area contributed by atoms with Crippen LogP contribution in [0.3, 0.4) is 0 Å². The summed E-state index contributed by atoms with van der Waals surface area (Å²) in [4.78, 5) is 25.4. The van der Waals surface area contributed by atoms with Gasteiger partial charge < -0.3 is 9.22 Å². The van der Waals surface area contributed by atoms with E-state index in [0.717, 1.165) is 37.7 Å². The van der Waals surface area contributed by atoms with E-state index < -0.39 is 13.7 Å². The minimum Gasteiger partial charge on any atom is -0.401 e. The van der Waals surface area contributed by atoms with Gasteiger partial charge in [0.25, 0.3) is 8.32 Å². The third-order valence-corrected chi connectivity index (χ3v) is 16.0. The van der Waals surface area contributed by atoms with Crippen molar-refractivity contribution in [2.45, 2.75) is 64.9 Å². The lowest BCUT2D eigenvalue weighted by Gasteiger charge is -2.59. The second-order valence-corrected chi connectivity index (χ2v) is 17.1. The van der Waals surface area contributed by atoms with E-state index in [4.69, 9.17) is 4.43 Å². The van der Waals surface area contributed by atoms with Crippen molar-refractivity contribution in [3.8, 4) is 0 Å². The molecule has 4 aliphatic carbocycles. The predicted molar refractivity (Wildman–Crippen MR) is 171 cm³/mol. The molecular weight excluding hydrogens is 533 g/mol. The lowest BCUT2D eigenvalue weighted by Crippen LogP contribution is -2.71. The van der Waals surface area contributed by atoms with Gasteiger partial charge in [0.1, 0.15) is 6.29 Å². The van der Waals surface area contributed by atoms with E-state index in [-0.39, 0.29) is 23.2 Å². The Morgan fingerprint density at radius 2 is 1.36 bits per heavy atom. The highest BCUT2D eigenvalue weighted by Gasteiger charge is 2.63. The summed E-state index contributed by atoms with van der Waals surface area (Å²) in [5, 5.41) is 3.86. The van der Waals surface area contributed by atoms with E-state index in [1.807, 2.05) is 6.08 Å². The Bertz CT molecular complexity index is 1390. The largest absolute Gasteiger partial charge is 0.401 e. The van der Waals surface area contributed by atoms with Crippen molar-refractivity contribution in [2.24, 2.45) is 34.5 Å². The molecule has 3 saturated carbocycles. The van der Waals surface area contributed by atoms with Crippen LogP contribution >= 0.6 is 0 Å². The minimum absolute atomic E-state index is 0.0489. The van der Waals surface area contributed by atoms with Crippen LogP contribution in [0, 0.1) is 34.5 Å². The number of fused-ring (bicyclic) bond motifs is 5. The standard InChI is InChI=1S/C38H42O3Si/c1-27-24-32-33-18-19-36(37(33,2)22-21-34(32)38(26-39)23-20-28(40)25-35(27)38)41-42(29-12-6-3-7-13-29,30-14-8-4-9-15-30)31-16-10-5-11-17-31/h3-17,25-27,32-34,36H,18-24H2,1-2H3/t27-,32-,33-,34-,36-,37-,38-/m0/s1. The number of carbonyl (C=O) groups is 2. The molecule has 7 atom stereocenters. The summed E-state index contributed by atoms with van der Waals surface area (Å²) in [5.74, 6) is 1.82. The van der Waals surface area contributed by atoms with Crippen LogP contribution in [0.25, 0.3) is 0 Å². The van der Waals surface area contributed by atoms with Gasteiger partial charge in [-0.05, 0) is 89.2 Å². The van der Waals surface area contributed by atoms with Gasteiger partial charge in [-0.1, -0.05) is 110 Å². The van der Waals surface area contributed by atoms with Crippen LogP contribution in [0.15, 0.2) is 103 Å². The zero-order valence-corrected chi connectivity index (χ0v) is 25.9. The van der Waals surface area contributed by atoms with Crippen molar-refractivity contribution in [2.75, 3.05) is 0 Å². The fourth-order valence-electron chi connectivity index (χ4n) is 9.94. The van der Waals surface area contributed by atoms with Gasteiger partial charge >= 0.3 is 0 Å². The molecule has 0 unspecified atom stereocenters. The van der Waals surface area contributed by atoms with Gasteiger partial charge in [-0.2, -0.15) is 0 Å². The lowest BCUT2D eigenvalue weighted by molar-refractivity contribution is -0.131. The van der Waals surface area contributed by atoms with Crippen molar-refractivity contribution in [3.05, 3.63) is 103 Å². The van der Waals surface area contributed by atoms with Gasteiger partial charge in [-0.3, -0.25) is 4.79 Å². The highest BCUT2D eigenvalue weighted by atomic mass is 28.4. The van der Waals surface area contributed by atoms with Crippen molar-refractivity contribution < 1.29 is 14.0 Å². The minimum atomic E-state index is -2.83.